The molecule has 0 aromatic heterocycles. The first-order valence-corrected chi connectivity index (χ1v) is 6.69. The zero-order valence-electron chi connectivity index (χ0n) is 11.9. The number of hydrogen-bond donors (Lipinski definition) is 2. The molecule has 1 fully saturated rings. The molecule has 0 radical (unpaired) electrons. The molecule has 1 saturated heterocycles. The molecule has 19 heavy (non-hydrogen) atoms. The van der Waals surface area contributed by atoms with Crippen LogP contribution in [0.1, 0.15) is 27.2 Å². The number of nitrogens with one attached hydrogen (secondary N) is 2. The molecular formula is C13H23N3O3. The Hall–Kier alpha value is -1.43. The standard InChI is InChI=1S/C13H23N3O3/c1-9(2)13(10(3)17)15-12(19)8-16-6-4-5-14-11(18)7-16/h9,13H,4-8H2,1-3H3,(H,14,18)(H,15,19). The number of ketones is 1. The van der Waals surface area contributed by atoms with E-state index in [-0.39, 0.29) is 36.6 Å². The molecule has 1 aliphatic heterocycles. The van der Waals surface area contributed by atoms with Crippen LogP contribution in [0.25, 0.3) is 0 Å². The molecular weight excluding hydrogens is 246 g/mol. The van der Waals surface area contributed by atoms with Crippen LogP contribution < -0.4 is 10.6 Å². The number of hydrogen-bond acceptors (Lipinski definition) is 4. The third-order valence-corrected chi connectivity index (χ3v) is 3.13. The summed E-state index contributed by atoms with van der Waals surface area (Å²) in [5, 5.41) is 5.50. The van der Waals surface area contributed by atoms with Crippen molar-refractivity contribution in [1.29, 1.82) is 0 Å². The molecule has 1 aliphatic rings. The summed E-state index contributed by atoms with van der Waals surface area (Å²) < 4.78 is 0. The van der Waals surface area contributed by atoms with Crippen molar-refractivity contribution in [1.82, 2.24) is 15.5 Å². The minimum absolute atomic E-state index is 0.0445. The van der Waals surface area contributed by atoms with Crippen molar-refractivity contribution in [2.24, 2.45) is 5.92 Å². The second-order valence-corrected chi connectivity index (χ2v) is 5.31. The van der Waals surface area contributed by atoms with Crippen LogP contribution in [0.4, 0.5) is 0 Å². The summed E-state index contributed by atoms with van der Waals surface area (Å²) >= 11 is 0. The number of Topliss-reactive ketones (excluding diaryl/α,β-unsaturated/α-hetero) is 1. The van der Waals surface area contributed by atoms with Crippen LogP contribution in [-0.4, -0.2) is 54.7 Å². The zero-order valence-corrected chi connectivity index (χ0v) is 11.9. The fraction of sp³-hybridized carbons (Fsp3) is 0.769. The second-order valence-electron chi connectivity index (χ2n) is 5.31. The van der Waals surface area contributed by atoms with E-state index in [1.165, 1.54) is 6.92 Å². The molecule has 1 heterocycles. The molecule has 0 aromatic carbocycles. The molecule has 1 unspecified atom stereocenters. The number of carbonyl (C=O) groups excluding carboxylic acids is 3. The minimum atomic E-state index is -0.451. The van der Waals surface area contributed by atoms with Gasteiger partial charge in [-0.3, -0.25) is 19.3 Å². The highest BCUT2D eigenvalue weighted by Gasteiger charge is 2.23. The Balaban J connectivity index is 2.49. The lowest BCUT2D eigenvalue weighted by atomic mass is 10.0. The van der Waals surface area contributed by atoms with Crippen LogP contribution >= 0.6 is 0 Å². The van der Waals surface area contributed by atoms with Crippen LogP contribution in [0.3, 0.4) is 0 Å². The Kier molecular flexibility index (Phi) is 5.95. The van der Waals surface area contributed by atoms with E-state index in [1.54, 1.807) is 4.90 Å². The molecule has 6 heteroatoms. The first-order valence-electron chi connectivity index (χ1n) is 6.69. The molecule has 0 spiro atoms. The van der Waals surface area contributed by atoms with Crippen molar-refractivity contribution >= 4 is 17.6 Å². The van der Waals surface area contributed by atoms with E-state index in [1.807, 2.05) is 13.8 Å². The maximum Gasteiger partial charge on any atom is 0.234 e. The van der Waals surface area contributed by atoms with Gasteiger partial charge in [0.1, 0.15) is 0 Å². The second kappa shape index (κ2) is 7.23. The van der Waals surface area contributed by atoms with Crippen molar-refractivity contribution in [3.8, 4) is 0 Å². The van der Waals surface area contributed by atoms with Gasteiger partial charge in [-0.05, 0) is 19.3 Å². The van der Waals surface area contributed by atoms with Crippen molar-refractivity contribution in [2.45, 2.75) is 33.2 Å². The third-order valence-electron chi connectivity index (χ3n) is 3.13. The smallest absolute Gasteiger partial charge is 0.234 e. The SMILES string of the molecule is CC(=O)C(NC(=O)CN1CCCNC(=O)C1)C(C)C. The topological polar surface area (TPSA) is 78.5 Å². The first kappa shape index (κ1) is 15.6. The molecule has 2 amide bonds. The van der Waals surface area contributed by atoms with E-state index in [2.05, 4.69) is 10.6 Å². The van der Waals surface area contributed by atoms with Gasteiger partial charge >= 0.3 is 0 Å². The Morgan fingerprint density at radius 1 is 1.42 bits per heavy atom. The van der Waals surface area contributed by atoms with Crippen LogP contribution in [0.2, 0.25) is 0 Å². The van der Waals surface area contributed by atoms with Gasteiger partial charge in [-0.2, -0.15) is 0 Å². The van der Waals surface area contributed by atoms with Crippen molar-refractivity contribution in [3.05, 3.63) is 0 Å². The fourth-order valence-electron chi connectivity index (χ4n) is 2.16. The lowest BCUT2D eigenvalue weighted by Gasteiger charge is -2.22. The average molecular weight is 269 g/mol. The fourth-order valence-corrected chi connectivity index (χ4v) is 2.16. The minimum Gasteiger partial charge on any atom is -0.355 e. The number of amides is 2. The summed E-state index contributed by atoms with van der Waals surface area (Å²) in [5.74, 6) is -0.244. The Labute approximate surface area is 113 Å². The molecule has 0 saturated carbocycles. The van der Waals surface area contributed by atoms with E-state index in [4.69, 9.17) is 0 Å². The lowest BCUT2D eigenvalue weighted by Crippen LogP contribution is -2.48. The van der Waals surface area contributed by atoms with E-state index in [9.17, 15) is 14.4 Å². The lowest BCUT2D eigenvalue weighted by molar-refractivity contribution is -0.129. The highest BCUT2D eigenvalue weighted by molar-refractivity contribution is 5.88. The summed E-state index contributed by atoms with van der Waals surface area (Å²) in [5.41, 5.74) is 0. The Morgan fingerprint density at radius 3 is 2.68 bits per heavy atom. The summed E-state index contributed by atoms with van der Waals surface area (Å²) in [6.45, 7) is 7.02. The maximum absolute atomic E-state index is 11.9. The van der Waals surface area contributed by atoms with Crippen molar-refractivity contribution < 1.29 is 14.4 Å². The van der Waals surface area contributed by atoms with E-state index in [0.29, 0.717) is 13.1 Å². The molecule has 0 bridgehead atoms. The molecule has 1 rings (SSSR count). The molecule has 2 N–H and O–H groups in total. The van der Waals surface area contributed by atoms with Crippen LogP contribution in [0.5, 0.6) is 0 Å². The van der Waals surface area contributed by atoms with Crippen LogP contribution in [0, 0.1) is 5.92 Å². The summed E-state index contributed by atoms with van der Waals surface area (Å²) in [6.07, 6.45) is 0.833. The number of nitrogens with zero attached hydrogens (tertiary/aromatic N) is 1. The molecule has 108 valence electrons. The Morgan fingerprint density at radius 2 is 2.11 bits per heavy atom. The zero-order chi connectivity index (χ0) is 14.4. The van der Waals surface area contributed by atoms with Gasteiger partial charge in [0.25, 0.3) is 0 Å². The van der Waals surface area contributed by atoms with Gasteiger partial charge in [-0.1, -0.05) is 13.8 Å². The predicted molar refractivity (Wildman–Crippen MR) is 71.5 cm³/mol. The summed E-state index contributed by atoms with van der Waals surface area (Å²) in [4.78, 5) is 36.5. The van der Waals surface area contributed by atoms with Crippen LogP contribution in [0.15, 0.2) is 0 Å². The Bertz CT molecular complexity index is 355. The normalized spacial score (nSPS) is 18.6. The van der Waals surface area contributed by atoms with Gasteiger partial charge in [0.15, 0.2) is 5.78 Å². The third kappa shape index (κ3) is 5.38. The van der Waals surface area contributed by atoms with E-state index < -0.39 is 6.04 Å². The monoisotopic (exact) mass is 269 g/mol. The highest BCUT2D eigenvalue weighted by Crippen LogP contribution is 2.03. The number of carbonyl (C=O) groups is 3. The summed E-state index contributed by atoms with van der Waals surface area (Å²) in [7, 11) is 0. The molecule has 1 atom stereocenters. The van der Waals surface area contributed by atoms with Gasteiger partial charge in [0.2, 0.25) is 11.8 Å². The van der Waals surface area contributed by atoms with E-state index in [0.717, 1.165) is 6.42 Å². The average Bonchev–Trinajstić information content (AvgIpc) is 2.49. The maximum atomic E-state index is 11.9. The highest BCUT2D eigenvalue weighted by atomic mass is 16.2. The number of rotatable bonds is 5. The van der Waals surface area contributed by atoms with Gasteiger partial charge in [-0.25, -0.2) is 0 Å². The largest absolute Gasteiger partial charge is 0.355 e. The van der Waals surface area contributed by atoms with Gasteiger partial charge in [0, 0.05) is 13.1 Å². The summed E-state index contributed by atoms with van der Waals surface area (Å²) in [6, 6.07) is -0.451. The van der Waals surface area contributed by atoms with Crippen LogP contribution in [-0.2, 0) is 14.4 Å². The molecule has 0 aromatic rings. The quantitative estimate of drug-likeness (QED) is 0.708. The van der Waals surface area contributed by atoms with Crippen molar-refractivity contribution in [3.63, 3.8) is 0 Å². The molecule has 0 aliphatic carbocycles. The molecule has 6 nitrogen and oxygen atoms in total. The predicted octanol–water partition coefficient (Wildman–Crippen LogP) is -0.462. The van der Waals surface area contributed by atoms with Gasteiger partial charge in [-0.15, -0.1) is 0 Å². The van der Waals surface area contributed by atoms with Gasteiger partial charge in [0.05, 0.1) is 19.1 Å². The van der Waals surface area contributed by atoms with Gasteiger partial charge < -0.3 is 10.6 Å². The first-order chi connectivity index (χ1) is 8.90. The van der Waals surface area contributed by atoms with Crippen molar-refractivity contribution in [2.75, 3.05) is 26.2 Å². The van der Waals surface area contributed by atoms with E-state index >= 15 is 0 Å².